The average molecular weight is 158 g/mol. The smallest absolute Gasteiger partial charge is 0.0491 e. The van der Waals surface area contributed by atoms with Gasteiger partial charge in [-0.3, -0.25) is 0 Å². The molecule has 0 spiro atoms. The van der Waals surface area contributed by atoms with Crippen molar-refractivity contribution < 1.29 is 4.74 Å². The van der Waals surface area contributed by atoms with Gasteiger partial charge in [0.15, 0.2) is 0 Å². The lowest BCUT2D eigenvalue weighted by atomic mass is 10.1. The van der Waals surface area contributed by atoms with Crippen LogP contribution in [0.1, 0.15) is 40.5 Å². The first kappa shape index (κ1) is 11.0. The number of rotatable bonds is 6. The standard InChI is InChI=1S/C10H22O/c1-5-9(3)7-11-8-10(4)6-2/h9-10H,5-8H2,1-4H3/t9-,10+. The summed E-state index contributed by atoms with van der Waals surface area (Å²) >= 11 is 0. The third kappa shape index (κ3) is 6.36. The van der Waals surface area contributed by atoms with E-state index in [0.29, 0.717) is 0 Å². The van der Waals surface area contributed by atoms with E-state index in [9.17, 15) is 0 Å². The zero-order valence-electron chi connectivity index (χ0n) is 8.39. The van der Waals surface area contributed by atoms with E-state index in [1.54, 1.807) is 0 Å². The summed E-state index contributed by atoms with van der Waals surface area (Å²) in [5, 5.41) is 0. The fraction of sp³-hybridized carbons (Fsp3) is 1.00. The molecule has 0 bridgehead atoms. The Labute approximate surface area is 71.1 Å². The highest BCUT2D eigenvalue weighted by atomic mass is 16.5. The van der Waals surface area contributed by atoms with Crippen molar-refractivity contribution in [3.63, 3.8) is 0 Å². The number of hydrogen-bond donors (Lipinski definition) is 0. The molecular weight excluding hydrogens is 136 g/mol. The van der Waals surface area contributed by atoms with Gasteiger partial charge in [-0.15, -0.1) is 0 Å². The van der Waals surface area contributed by atoms with Crippen LogP contribution in [0.2, 0.25) is 0 Å². The highest BCUT2D eigenvalue weighted by molar-refractivity contribution is 4.49. The average Bonchev–Trinajstić information content (AvgIpc) is 2.04. The lowest BCUT2D eigenvalue weighted by molar-refractivity contribution is 0.0780. The molecule has 0 unspecified atom stereocenters. The van der Waals surface area contributed by atoms with Crippen molar-refractivity contribution >= 4 is 0 Å². The van der Waals surface area contributed by atoms with E-state index in [1.165, 1.54) is 12.8 Å². The van der Waals surface area contributed by atoms with E-state index >= 15 is 0 Å². The highest BCUT2D eigenvalue weighted by Gasteiger charge is 2.01. The van der Waals surface area contributed by atoms with Crippen LogP contribution in [0.25, 0.3) is 0 Å². The van der Waals surface area contributed by atoms with E-state index in [2.05, 4.69) is 27.7 Å². The van der Waals surface area contributed by atoms with Crippen molar-refractivity contribution in [3.05, 3.63) is 0 Å². The Morgan fingerprint density at radius 2 is 1.27 bits per heavy atom. The molecule has 1 heteroatoms. The summed E-state index contributed by atoms with van der Waals surface area (Å²) in [4.78, 5) is 0. The van der Waals surface area contributed by atoms with Crippen molar-refractivity contribution in [3.8, 4) is 0 Å². The largest absolute Gasteiger partial charge is 0.381 e. The first-order valence-corrected chi connectivity index (χ1v) is 4.78. The molecule has 0 saturated carbocycles. The maximum atomic E-state index is 5.54. The van der Waals surface area contributed by atoms with E-state index in [4.69, 9.17) is 4.74 Å². The molecule has 0 rings (SSSR count). The van der Waals surface area contributed by atoms with E-state index in [1.807, 2.05) is 0 Å². The van der Waals surface area contributed by atoms with Crippen molar-refractivity contribution in [2.75, 3.05) is 13.2 Å². The molecule has 68 valence electrons. The molecule has 0 aromatic carbocycles. The zero-order valence-corrected chi connectivity index (χ0v) is 8.39. The summed E-state index contributed by atoms with van der Waals surface area (Å²) in [5.74, 6) is 1.44. The van der Waals surface area contributed by atoms with E-state index in [0.717, 1.165) is 25.0 Å². The van der Waals surface area contributed by atoms with Crippen LogP contribution in [0.3, 0.4) is 0 Å². The molecule has 0 aromatic rings. The maximum absolute atomic E-state index is 5.54. The third-order valence-electron chi connectivity index (χ3n) is 2.20. The molecule has 2 atom stereocenters. The van der Waals surface area contributed by atoms with Gasteiger partial charge in [-0.2, -0.15) is 0 Å². The predicted octanol–water partition coefficient (Wildman–Crippen LogP) is 3.10. The van der Waals surface area contributed by atoms with Crippen LogP contribution in [-0.4, -0.2) is 13.2 Å². The zero-order chi connectivity index (χ0) is 8.69. The van der Waals surface area contributed by atoms with E-state index in [-0.39, 0.29) is 0 Å². The van der Waals surface area contributed by atoms with Crippen molar-refractivity contribution in [2.45, 2.75) is 40.5 Å². The minimum Gasteiger partial charge on any atom is -0.381 e. The highest BCUT2D eigenvalue weighted by Crippen LogP contribution is 2.04. The Bertz CT molecular complexity index is 70.9. The summed E-state index contributed by atoms with van der Waals surface area (Å²) in [6.07, 6.45) is 2.45. The Morgan fingerprint density at radius 3 is 1.55 bits per heavy atom. The second-order valence-corrected chi connectivity index (χ2v) is 3.56. The minimum atomic E-state index is 0.721. The quantitative estimate of drug-likeness (QED) is 0.577. The lowest BCUT2D eigenvalue weighted by Crippen LogP contribution is -2.10. The molecule has 0 aliphatic carbocycles. The molecule has 0 fully saturated rings. The van der Waals surface area contributed by atoms with Crippen molar-refractivity contribution in [1.82, 2.24) is 0 Å². The van der Waals surface area contributed by atoms with Crippen molar-refractivity contribution in [1.29, 1.82) is 0 Å². The molecule has 0 radical (unpaired) electrons. The van der Waals surface area contributed by atoms with Crippen LogP contribution >= 0.6 is 0 Å². The van der Waals surface area contributed by atoms with Gasteiger partial charge in [0.25, 0.3) is 0 Å². The van der Waals surface area contributed by atoms with Gasteiger partial charge in [0.1, 0.15) is 0 Å². The third-order valence-corrected chi connectivity index (χ3v) is 2.20. The molecular formula is C10H22O. The SMILES string of the molecule is CC[C@@H](C)COC[C@@H](C)CC. The van der Waals surface area contributed by atoms with Gasteiger partial charge < -0.3 is 4.74 Å². The Balaban J connectivity index is 3.13. The second kappa shape index (κ2) is 6.66. The monoisotopic (exact) mass is 158 g/mol. The van der Waals surface area contributed by atoms with E-state index < -0.39 is 0 Å². The summed E-state index contributed by atoms with van der Waals surface area (Å²) in [5.41, 5.74) is 0. The maximum Gasteiger partial charge on any atom is 0.0491 e. The molecule has 0 amide bonds. The van der Waals surface area contributed by atoms with Gasteiger partial charge in [0.2, 0.25) is 0 Å². The van der Waals surface area contributed by atoms with Gasteiger partial charge in [0.05, 0.1) is 0 Å². The van der Waals surface area contributed by atoms with Crippen LogP contribution in [0.4, 0.5) is 0 Å². The van der Waals surface area contributed by atoms with Gasteiger partial charge >= 0.3 is 0 Å². The number of hydrogen-bond acceptors (Lipinski definition) is 1. The second-order valence-electron chi connectivity index (χ2n) is 3.56. The molecule has 0 saturated heterocycles. The fourth-order valence-corrected chi connectivity index (χ4v) is 0.706. The number of ether oxygens (including phenoxy) is 1. The van der Waals surface area contributed by atoms with Crippen molar-refractivity contribution in [2.24, 2.45) is 11.8 Å². The van der Waals surface area contributed by atoms with Crippen LogP contribution in [0.15, 0.2) is 0 Å². The van der Waals surface area contributed by atoms with Crippen LogP contribution in [0.5, 0.6) is 0 Å². The molecule has 0 aliphatic heterocycles. The Kier molecular flexibility index (Phi) is 6.63. The van der Waals surface area contributed by atoms with Gasteiger partial charge in [-0.25, -0.2) is 0 Å². The summed E-state index contributed by atoms with van der Waals surface area (Å²) in [6.45, 7) is 10.7. The lowest BCUT2D eigenvalue weighted by Gasteiger charge is -2.12. The fourth-order valence-electron chi connectivity index (χ4n) is 0.706. The molecule has 0 aliphatic rings. The van der Waals surface area contributed by atoms with Gasteiger partial charge in [-0.1, -0.05) is 40.5 Å². The topological polar surface area (TPSA) is 9.23 Å². The normalized spacial score (nSPS) is 16.4. The van der Waals surface area contributed by atoms with Gasteiger partial charge in [-0.05, 0) is 11.8 Å². The molecule has 0 aromatic heterocycles. The summed E-state index contributed by atoms with van der Waals surface area (Å²) in [6, 6.07) is 0. The molecule has 0 heterocycles. The molecule has 1 nitrogen and oxygen atoms in total. The first-order chi connectivity index (χ1) is 5.20. The molecule has 11 heavy (non-hydrogen) atoms. The summed E-state index contributed by atoms with van der Waals surface area (Å²) < 4.78 is 5.54. The van der Waals surface area contributed by atoms with Crippen LogP contribution in [0, 0.1) is 11.8 Å². The molecule has 0 N–H and O–H groups in total. The Hall–Kier alpha value is -0.0400. The van der Waals surface area contributed by atoms with Crippen LogP contribution in [-0.2, 0) is 4.74 Å². The minimum absolute atomic E-state index is 0.721. The van der Waals surface area contributed by atoms with Gasteiger partial charge in [0, 0.05) is 13.2 Å². The predicted molar refractivity (Wildman–Crippen MR) is 49.7 cm³/mol. The van der Waals surface area contributed by atoms with Crippen LogP contribution < -0.4 is 0 Å². The Morgan fingerprint density at radius 1 is 0.909 bits per heavy atom. The summed E-state index contributed by atoms with van der Waals surface area (Å²) in [7, 11) is 0. The first-order valence-electron chi connectivity index (χ1n) is 4.78.